The maximum absolute atomic E-state index is 14.0. The van der Waals surface area contributed by atoms with Crippen LogP contribution in [0.1, 0.15) is 18.4 Å². The van der Waals surface area contributed by atoms with Gasteiger partial charge in [0.15, 0.2) is 0 Å². The SMILES string of the molecule is O=S(=O)(c1ccccc1NCC1(c2ccccc2F)CC1)C(F)F. The Labute approximate surface area is 138 Å². The maximum Gasteiger partial charge on any atom is 0.341 e. The lowest BCUT2D eigenvalue weighted by molar-refractivity contribution is 0.235. The Morgan fingerprint density at radius 2 is 1.67 bits per heavy atom. The van der Waals surface area contributed by atoms with Gasteiger partial charge < -0.3 is 5.32 Å². The van der Waals surface area contributed by atoms with Crippen LogP contribution in [0.3, 0.4) is 0 Å². The minimum Gasteiger partial charge on any atom is -0.383 e. The van der Waals surface area contributed by atoms with Crippen molar-refractivity contribution in [2.24, 2.45) is 0 Å². The molecular weight excluding hydrogens is 339 g/mol. The summed E-state index contributed by atoms with van der Waals surface area (Å²) in [5.41, 5.74) is 0.250. The fourth-order valence-corrected chi connectivity index (χ4v) is 3.71. The molecule has 0 spiro atoms. The van der Waals surface area contributed by atoms with Crippen molar-refractivity contribution < 1.29 is 21.6 Å². The van der Waals surface area contributed by atoms with Gasteiger partial charge in [-0.1, -0.05) is 30.3 Å². The summed E-state index contributed by atoms with van der Waals surface area (Å²) in [5, 5.41) is 2.92. The van der Waals surface area contributed by atoms with Gasteiger partial charge in [0.1, 0.15) is 5.82 Å². The quantitative estimate of drug-likeness (QED) is 0.853. The molecule has 7 heteroatoms. The summed E-state index contributed by atoms with van der Waals surface area (Å²) in [6.45, 7) is 0.281. The zero-order chi connectivity index (χ0) is 17.4. The van der Waals surface area contributed by atoms with E-state index in [0.717, 1.165) is 18.9 Å². The van der Waals surface area contributed by atoms with Gasteiger partial charge in [-0.25, -0.2) is 12.8 Å². The number of halogens is 3. The van der Waals surface area contributed by atoms with Gasteiger partial charge in [-0.15, -0.1) is 0 Å². The number of nitrogens with one attached hydrogen (secondary N) is 1. The highest BCUT2D eigenvalue weighted by Gasteiger charge is 2.45. The molecule has 0 heterocycles. The third kappa shape index (κ3) is 3.00. The van der Waals surface area contributed by atoms with E-state index in [1.807, 2.05) is 0 Å². The number of alkyl halides is 2. The highest BCUT2D eigenvalue weighted by atomic mass is 32.2. The van der Waals surface area contributed by atoms with Gasteiger partial charge in [0.2, 0.25) is 9.84 Å². The summed E-state index contributed by atoms with van der Waals surface area (Å²) in [5.74, 6) is -3.80. The summed E-state index contributed by atoms with van der Waals surface area (Å²) in [4.78, 5) is -0.440. The number of sulfone groups is 1. The van der Waals surface area contributed by atoms with Gasteiger partial charge in [-0.2, -0.15) is 8.78 Å². The molecule has 1 fully saturated rings. The molecule has 0 aliphatic heterocycles. The average molecular weight is 355 g/mol. The second-order valence-corrected chi connectivity index (χ2v) is 7.80. The van der Waals surface area contributed by atoms with Crippen molar-refractivity contribution in [1.82, 2.24) is 0 Å². The molecule has 128 valence electrons. The second-order valence-electron chi connectivity index (χ2n) is 5.92. The summed E-state index contributed by atoms with van der Waals surface area (Å²) in [6, 6.07) is 12.0. The Kier molecular flexibility index (Phi) is 4.29. The lowest BCUT2D eigenvalue weighted by atomic mass is 9.95. The van der Waals surface area contributed by atoms with Crippen LogP contribution in [-0.4, -0.2) is 20.7 Å². The standard InChI is InChI=1S/C17H16F3NO2S/c18-13-6-2-1-5-12(13)17(9-10-17)11-21-14-7-3-4-8-15(14)24(22,23)16(19)20/h1-8,16,21H,9-11H2. The van der Waals surface area contributed by atoms with Crippen molar-refractivity contribution in [3.8, 4) is 0 Å². The first kappa shape index (κ1) is 16.8. The minimum absolute atomic E-state index is 0.111. The van der Waals surface area contributed by atoms with Gasteiger partial charge in [-0.05, 0) is 36.6 Å². The predicted molar refractivity (Wildman–Crippen MR) is 85.4 cm³/mol. The molecule has 1 aliphatic carbocycles. The average Bonchev–Trinajstić information content (AvgIpc) is 3.34. The Balaban J connectivity index is 1.85. The van der Waals surface area contributed by atoms with Crippen molar-refractivity contribution >= 4 is 15.5 Å². The van der Waals surface area contributed by atoms with Crippen LogP contribution in [0.5, 0.6) is 0 Å². The fraction of sp³-hybridized carbons (Fsp3) is 0.294. The van der Waals surface area contributed by atoms with Crippen LogP contribution in [0.2, 0.25) is 0 Å². The van der Waals surface area contributed by atoms with E-state index in [9.17, 15) is 21.6 Å². The number of para-hydroxylation sites is 1. The van der Waals surface area contributed by atoms with Crippen molar-refractivity contribution in [3.63, 3.8) is 0 Å². The first-order valence-corrected chi connectivity index (χ1v) is 9.01. The smallest absolute Gasteiger partial charge is 0.341 e. The van der Waals surface area contributed by atoms with E-state index in [0.29, 0.717) is 5.56 Å². The molecule has 3 nitrogen and oxygen atoms in total. The number of hydrogen-bond acceptors (Lipinski definition) is 3. The number of hydrogen-bond donors (Lipinski definition) is 1. The van der Waals surface area contributed by atoms with E-state index < -0.39 is 25.9 Å². The molecule has 0 amide bonds. The van der Waals surface area contributed by atoms with E-state index in [1.54, 1.807) is 24.3 Å². The van der Waals surface area contributed by atoms with E-state index in [1.165, 1.54) is 18.2 Å². The molecule has 0 atom stereocenters. The number of benzene rings is 2. The van der Waals surface area contributed by atoms with Gasteiger partial charge in [0.25, 0.3) is 0 Å². The number of rotatable bonds is 6. The first-order chi connectivity index (χ1) is 11.4. The Hall–Kier alpha value is -2.02. The van der Waals surface area contributed by atoms with Crippen LogP contribution >= 0.6 is 0 Å². The van der Waals surface area contributed by atoms with Crippen molar-refractivity contribution in [1.29, 1.82) is 0 Å². The molecule has 2 aromatic rings. The van der Waals surface area contributed by atoms with Crippen molar-refractivity contribution in [3.05, 3.63) is 59.9 Å². The van der Waals surface area contributed by atoms with Gasteiger partial charge in [0, 0.05) is 12.0 Å². The molecule has 24 heavy (non-hydrogen) atoms. The lowest BCUT2D eigenvalue weighted by Gasteiger charge is -2.19. The Morgan fingerprint density at radius 3 is 2.29 bits per heavy atom. The van der Waals surface area contributed by atoms with E-state index >= 15 is 0 Å². The molecule has 3 rings (SSSR count). The normalized spacial score (nSPS) is 16.2. The number of anilines is 1. The minimum atomic E-state index is -4.70. The van der Waals surface area contributed by atoms with Gasteiger partial charge in [-0.3, -0.25) is 0 Å². The van der Waals surface area contributed by atoms with Crippen LogP contribution < -0.4 is 5.32 Å². The zero-order valence-corrected chi connectivity index (χ0v) is 13.5. The first-order valence-electron chi connectivity index (χ1n) is 7.47. The van der Waals surface area contributed by atoms with Crippen LogP contribution in [0.15, 0.2) is 53.4 Å². The molecule has 0 aromatic heterocycles. The maximum atomic E-state index is 14.0. The largest absolute Gasteiger partial charge is 0.383 e. The summed E-state index contributed by atoms with van der Waals surface area (Å²) >= 11 is 0. The summed E-state index contributed by atoms with van der Waals surface area (Å²) < 4.78 is 63.2. The molecule has 0 unspecified atom stereocenters. The predicted octanol–water partition coefficient (Wildman–Crippen LogP) is 3.97. The van der Waals surface area contributed by atoms with Gasteiger partial charge >= 0.3 is 5.76 Å². The van der Waals surface area contributed by atoms with Gasteiger partial charge in [0.05, 0.1) is 10.6 Å². The van der Waals surface area contributed by atoms with E-state index in [2.05, 4.69) is 5.32 Å². The summed E-state index contributed by atoms with van der Waals surface area (Å²) in [7, 11) is -4.70. The molecule has 1 aliphatic rings. The Bertz CT molecular complexity index is 848. The molecule has 0 bridgehead atoms. The van der Waals surface area contributed by atoms with Crippen LogP contribution in [0.25, 0.3) is 0 Å². The van der Waals surface area contributed by atoms with E-state index in [-0.39, 0.29) is 18.0 Å². The summed E-state index contributed by atoms with van der Waals surface area (Å²) in [6.07, 6.45) is 1.51. The monoisotopic (exact) mass is 355 g/mol. The highest BCUT2D eigenvalue weighted by molar-refractivity contribution is 7.91. The zero-order valence-electron chi connectivity index (χ0n) is 12.7. The fourth-order valence-electron chi connectivity index (χ4n) is 2.80. The second kappa shape index (κ2) is 6.12. The van der Waals surface area contributed by atoms with Crippen LogP contribution in [0.4, 0.5) is 18.9 Å². The van der Waals surface area contributed by atoms with E-state index in [4.69, 9.17) is 0 Å². The third-order valence-corrected chi connectivity index (χ3v) is 5.78. The van der Waals surface area contributed by atoms with Crippen LogP contribution in [0, 0.1) is 5.82 Å². The molecule has 2 aromatic carbocycles. The molecule has 1 saturated carbocycles. The highest BCUT2D eigenvalue weighted by Crippen LogP contribution is 2.49. The molecule has 0 saturated heterocycles. The molecule has 0 radical (unpaired) electrons. The van der Waals surface area contributed by atoms with Crippen LogP contribution in [-0.2, 0) is 15.3 Å². The Morgan fingerprint density at radius 1 is 1.04 bits per heavy atom. The lowest BCUT2D eigenvalue weighted by Crippen LogP contribution is -2.22. The molecule has 1 N–H and O–H groups in total. The topological polar surface area (TPSA) is 46.2 Å². The van der Waals surface area contributed by atoms with Crippen molar-refractivity contribution in [2.75, 3.05) is 11.9 Å². The molecular formula is C17H16F3NO2S. The van der Waals surface area contributed by atoms with Crippen molar-refractivity contribution in [2.45, 2.75) is 28.9 Å². The third-order valence-electron chi connectivity index (χ3n) is 4.34.